The highest BCUT2D eigenvalue weighted by Crippen LogP contribution is 2.22. The largest absolute Gasteiger partial charge is 0.573 e. The third kappa shape index (κ3) is 7.40. The van der Waals surface area contributed by atoms with Crippen molar-refractivity contribution in [1.82, 2.24) is 15.5 Å². The zero-order valence-corrected chi connectivity index (χ0v) is 11.8. The van der Waals surface area contributed by atoms with Crippen LogP contribution in [0, 0.1) is 0 Å². The van der Waals surface area contributed by atoms with Gasteiger partial charge in [-0.2, -0.15) is 0 Å². The quantitative estimate of drug-likeness (QED) is 0.790. The van der Waals surface area contributed by atoms with Gasteiger partial charge in [0.1, 0.15) is 5.75 Å². The van der Waals surface area contributed by atoms with E-state index in [1.807, 2.05) is 0 Å². The Bertz CT molecular complexity index is 447. The maximum atomic E-state index is 12.0. The molecule has 0 aliphatic carbocycles. The Labute approximate surface area is 121 Å². The number of amides is 2. The summed E-state index contributed by atoms with van der Waals surface area (Å²) in [6, 6.07) is 5.45. The summed E-state index contributed by atoms with van der Waals surface area (Å²) >= 11 is 0. The van der Waals surface area contributed by atoms with Crippen LogP contribution in [0.25, 0.3) is 0 Å². The molecule has 1 aromatic carbocycles. The number of carbonyl (C=O) groups is 1. The SMILES string of the molecule is CN(C)C(=O)NCCNCc1ccc(OC(F)(F)F)cc1. The van der Waals surface area contributed by atoms with Crippen molar-refractivity contribution in [3.8, 4) is 5.75 Å². The highest BCUT2D eigenvalue weighted by atomic mass is 19.4. The monoisotopic (exact) mass is 305 g/mol. The molecule has 0 bridgehead atoms. The summed E-state index contributed by atoms with van der Waals surface area (Å²) in [5, 5.41) is 5.75. The van der Waals surface area contributed by atoms with Crippen LogP contribution in [0.3, 0.4) is 0 Å². The van der Waals surface area contributed by atoms with E-state index in [1.165, 1.54) is 17.0 Å². The summed E-state index contributed by atoms with van der Waals surface area (Å²) in [7, 11) is 3.29. The average molecular weight is 305 g/mol. The van der Waals surface area contributed by atoms with Gasteiger partial charge in [0.25, 0.3) is 0 Å². The number of nitrogens with one attached hydrogen (secondary N) is 2. The Balaban J connectivity index is 2.26. The molecule has 0 radical (unpaired) electrons. The lowest BCUT2D eigenvalue weighted by Gasteiger charge is -2.12. The summed E-state index contributed by atoms with van der Waals surface area (Å²) in [6.45, 7) is 1.51. The molecule has 0 aliphatic heterocycles. The number of hydrogen-bond acceptors (Lipinski definition) is 3. The minimum absolute atomic E-state index is 0.176. The lowest BCUT2D eigenvalue weighted by atomic mass is 10.2. The molecular formula is C13H18F3N3O2. The van der Waals surface area contributed by atoms with Crippen LogP contribution in [0.5, 0.6) is 5.75 Å². The van der Waals surface area contributed by atoms with E-state index in [2.05, 4.69) is 15.4 Å². The Kier molecular flexibility index (Phi) is 6.29. The maximum absolute atomic E-state index is 12.0. The number of urea groups is 1. The maximum Gasteiger partial charge on any atom is 0.573 e. The fourth-order valence-electron chi connectivity index (χ4n) is 1.46. The number of hydrogen-bond donors (Lipinski definition) is 2. The van der Waals surface area contributed by atoms with Crippen LogP contribution in [0.2, 0.25) is 0 Å². The molecule has 0 atom stereocenters. The zero-order valence-electron chi connectivity index (χ0n) is 11.8. The number of ether oxygens (including phenoxy) is 1. The van der Waals surface area contributed by atoms with E-state index >= 15 is 0 Å². The Morgan fingerprint density at radius 2 is 1.81 bits per heavy atom. The van der Waals surface area contributed by atoms with Gasteiger partial charge in [-0.3, -0.25) is 0 Å². The van der Waals surface area contributed by atoms with Crippen molar-refractivity contribution in [2.75, 3.05) is 27.2 Å². The van der Waals surface area contributed by atoms with E-state index in [1.54, 1.807) is 26.2 Å². The zero-order chi connectivity index (χ0) is 15.9. The predicted molar refractivity (Wildman–Crippen MR) is 71.9 cm³/mol. The smallest absolute Gasteiger partial charge is 0.406 e. The van der Waals surface area contributed by atoms with Crippen LogP contribution >= 0.6 is 0 Å². The molecular weight excluding hydrogens is 287 g/mol. The molecule has 21 heavy (non-hydrogen) atoms. The molecule has 0 aromatic heterocycles. The highest BCUT2D eigenvalue weighted by Gasteiger charge is 2.30. The van der Waals surface area contributed by atoms with Gasteiger partial charge < -0.3 is 20.3 Å². The van der Waals surface area contributed by atoms with Gasteiger partial charge in [0.05, 0.1) is 0 Å². The van der Waals surface area contributed by atoms with Crippen LogP contribution in [-0.2, 0) is 6.54 Å². The van der Waals surface area contributed by atoms with E-state index in [4.69, 9.17) is 0 Å². The molecule has 2 N–H and O–H groups in total. The van der Waals surface area contributed by atoms with Gasteiger partial charge in [0.15, 0.2) is 0 Å². The molecule has 0 saturated heterocycles. The molecule has 1 aromatic rings. The molecule has 5 nitrogen and oxygen atoms in total. The Hall–Kier alpha value is -1.96. The van der Waals surface area contributed by atoms with Crippen molar-refractivity contribution in [2.45, 2.75) is 12.9 Å². The second-order valence-electron chi connectivity index (χ2n) is 4.49. The number of benzene rings is 1. The molecule has 2 amide bonds. The van der Waals surface area contributed by atoms with Gasteiger partial charge in [0.2, 0.25) is 0 Å². The summed E-state index contributed by atoms with van der Waals surface area (Å²) < 4.78 is 39.7. The molecule has 8 heteroatoms. The van der Waals surface area contributed by atoms with Gasteiger partial charge in [0, 0.05) is 33.7 Å². The summed E-state index contributed by atoms with van der Waals surface area (Å²) in [4.78, 5) is 12.6. The minimum atomic E-state index is -4.68. The standard InChI is InChI=1S/C13H18F3N3O2/c1-19(2)12(20)18-8-7-17-9-10-3-5-11(6-4-10)21-13(14,15)16/h3-6,17H,7-9H2,1-2H3,(H,18,20). The molecule has 1 rings (SSSR count). The summed E-state index contributed by atoms with van der Waals surface area (Å²) in [6.07, 6.45) is -4.68. The van der Waals surface area contributed by atoms with Crippen molar-refractivity contribution >= 4 is 6.03 Å². The first-order valence-electron chi connectivity index (χ1n) is 6.28. The van der Waals surface area contributed by atoms with E-state index in [-0.39, 0.29) is 11.8 Å². The molecule has 0 fully saturated rings. The lowest BCUT2D eigenvalue weighted by molar-refractivity contribution is -0.274. The van der Waals surface area contributed by atoms with E-state index in [0.29, 0.717) is 19.6 Å². The van der Waals surface area contributed by atoms with Gasteiger partial charge in [-0.15, -0.1) is 13.2 Å². The van der Waals surface area contributed by atoms with E-state index in [9.17, 15) is 18.0 Å². The number of nitrogens with zero attached hydrogens (tertiary/aromatic N) is 1. The predicted octanol–water partition coefficient (Wildman–Crippen LogP) is 1.95. The van der Waals surface area contributed by atoms with Crippen LogP contribution < -0.4 is 15.4 Å². The minimum Gasteiger partial charge on any atom is -0.406 e. The first-order chi connectivity index (χ1) is 9.78. The van der Waals surface area contributed by atoms with Gasteiger partial charge in [-0.25, -0.2) is 4.79 Å². The molecule has 0 aliphatic rings. The highest BCUT2D eigenvalue weighted by molar-refractivity contribution is 5.73. The topological polar surface area (TPSA) is 53.6 Å². The number of carbonyl (C=O) groups excluding carboxylic acids is 1. The molecule has 0 heterocycles. The van der Waals surface area contributed by atoms with Crippen molar-refractivity contribution in [3.63, 3.8) is 0 Å². The Morgan fingerprint density at radius 3 is 2.33 bits per heavy atom. The molecule has 0 spiro atoms. The third-order valence-electron chi connectivity index (χ3n) is 2.47. The van der Waals surface area contributed by atoms with Gasteiger partial charge in [-0.05, 0) is 17.7 Å². The van der Waals surface area contributed by atoms with E-state index < -0.39 is 6.36 Å². The average Bonchev–Trinajstić information content (AvgIpc) is 2.38. The lowest BCUT2D eigenvalue weighted by Crippen LogP contribution is -2.38. The fraction of sp³-hybridized carbons (Fsp3) is 0.462. The number of rotatable bonds is 6. The first kappa shape index (κ1) is 17.1. The molecule has 118 valence electrons. The van der Waals surface area contributed by atoms with Crippen LogP contribution in [-0.4, -0.2) is 44.5 Å². The normalized spacial score (nSPS) is 11.1. The van der Waals surface area contributed by atoms with Crippen molar-refractivity contribution in [2.24, 2.45) is 0 Å². The van der Waals surface area contributed by atoms with Crippen LogP contribution in [0.4, 0.5) is 18.0 Å². The second-order valence-corrected chi connectivity index (χ2v) is 4.49. The third-order valence-corrected chi connectivity index (χ3v) is 2.47. The van der Waals surface area contributed by atoms with Gasteiger partial charge in [-0.1, -0.05) is 12.1 Å². The van der Waals surface area contributed by atoms with Crippen LogP contribution in [0.15, 0.2) is 24.3 Å². The first-order valence-corrected chi connectivity index (χ1v) is 6.28. The number of halogens is 3. The second kappa shape index (κ2) is 7.72. The molecule has 0 unspecified atom stereocenters. The Morgan fingerprint density at radius 1 is 1.19 bits per heavy atom. The fourth-order valence-corrected chi connectivity index (χ4v) is 1.46. The van der Waals surface area contributed by atoms with E-state index in [0.717, 1.165) is 5.56 Å². The van der Waals surface area contributed by atoms with Crippen molar-refractivity contribution in [3.05, 3.63) is 29.8 Å². The summed E-state index contributed by atoms with van der Waals surface area (Å²) in [5.41, 5.74) is 0.823. The summed E-state index contributed by atoms with van der Waals surface area (Å²) in [5.74, 6) is -0.246. The number of alkyl halides is 3. The molecule has 0 saturated carbocycles. The van der Waals surface area contributed by atoms with Gasteiger partial charge >= 0.3 is 12.4 Å². The van der Waals surface area contributed by atoms with Crippen molar-refractivity contribution in [1.29, 1.82) is 0 Å². The van der Waals surface area contributed by atoms with Crippen molar-refractivity contribution < 1.29 is 22.7 Å². The van der Waals surface area contributed by atoms with Crippen LogP contribution in [0.1, 0.15) is 5.56 Å².